The number of carboxylic acid groups (broad SMARTS) is 1. The molecule has 0 aliphatic carbocycles. The molecule has 0 fully saturated rings. The van der Waals surface area contributed by atoms with Crippen LogP contribution in [0.5, 0.6) is 5.75 Å². The van der Waals surface area contributed by atoms with Gasteiger partial charge in [0.15, 0.2) is 5.96 Å². The molecule has 3 aromatic rings. The van der Waals surface area contributed by atoms with E-state index < -0.39 is 47.9 Å². The van der Waals surface area contributed by atoms with Gasteiger partial charge in [0.2, 0.25) is 17.7 Å². The van der Waals surface area contributed by atoms with Crippen molar-refractivity contribution < 1.29 is 29.4 Å². The van der Waals surface area contributed by atoms with Gasteiger partial charge in [-0.2, -0.15) is 0 Å². The largest absolute Gasteiger partial charge is 0.508 e. The number of hydrogen-bond acceptors (Lipinski definition) is 8. The number of H-pyrrole nitrogens is 1. The number of aromatic hydroxyl groups is 1. The molecule has 0 aliphatic heterocycles. The number of amides is 3. The number of rotatable bonds is 19. The molecule has 4 atom stereocenters. The van der Waals surface area contributed by atoms with Gasteiger partial charge in [-0.25, -0.2) is 4.79 Å². The number of hydrogen-bond donors (Lipinski definition) is 10. The number of nitrogens with one attached hydrogen (secondary N) is 4. The normalized spacial score (nSPS) is 13.6. The molecule has 47 heavy (non-hydrogen) atoms. The van der Waals surface area contributed by atoms with E-state index in [2.05, 4.69) is 25.9 Å². The number of phenols is 1. The van der Waals surface area contributed by atoms with E-state index >= 15 is 0 Å². The fourth-order valence-electron chi connectivity index (χ4n) is 5.03. The molecule has 0 saturated heterocycles. The topological polar surface area (TPSA) is 277 Å². The van der Waals surface area contributed by atoms with Crippen molar-refractivity contribution in [2.75, 3.05) is 13.1 Å². The molecule has 15 heteroatoms. The number of nitrogens with zero attached hydrogens (tertiary/aromatic N) is 1. The molecule has 15 nitrogen and oxygen atoms in total. The number of unbranched alkanes of at least 4 members (excludes halogenated alkanes) is 1. The zero-order valence-corrected chi connectivity index (χ0v) is 26.2. The van der Waals surface area contributed by atoms with Gasteiger partial charge in [0.1, 0.15) is 23.9 Å². The highest BCUT2D eigenvalue weighted by Crippen LogP contribution is 2.20. The molecule has 0 saturated carbocycles. The summed E-state index contributed by atoms with van der Waals surface area (Å²) < 4.78 is 0. The second kappa shape index (κ2) is 18.1. The Morgan fingerprint density at radius 1 is 0.809 bits per heavy atom. The summed E-state index contributed by atoms with van der Waals surface area (Å²) in [5.41, 5.74) is 24.5. The third-order valence-corrected chi connectivity index (χ3v) is 7.61. The number of nitrogens with two attached hydrogens (primary N) is 4. The SMILES string of the molecule is NCCCCC(N)C(=O)NC(Cc1ccc(O)cc1)C(=O)NC(Cc1c[nH]c2ccccc12)C(=O)NC(CCCN=C(N)N)C(=O)O. The molecule has 0 bridgehead atoms. The third-order valence-electron chi connectivity index (χ3n) is 7.61. The average Bonchev–Trinajstić information content (AvgIpc) is 3.45. The number of aromatic nitrogens is 1. The van der Waals surface area contributed by atoms with Crippen LogP contribution in [-0.2, 0) is 32.0 Å². The number of aliphatic imine (C=N–C) groups is 1. The fraction of sp³-hybridized carbons (Fsp3) is 0.406. The molecule has 1 heterocycles. The first kappa shape index (κ1) is 36.3. The highest BCUT2D eigenvalue weighted by atomic mass is 16.4. The predicted octanol–water partition coefficient (Wildman–Crippen LogP) is -0.292. The van der Waals surface area contributed by atoms with E-state index in [0.29, 0.717) is 36.9 Å². The minimum atomic E-state index is -1.28. The number of para-hydroxylation sites is 1. The van der Waals surface area contributed by atoms with Crippen LogP contribution in [0.15, 0.2) is 59.7 Å². The minimum absolute atomic E-state index is 0.0143. The summed E-state index contributed by atoms with van der Waals surface area (Å²) in [6, 6.07) is 9.00. The Morgan fingerprint density at radius 3 is 2.11 bits per heavy atom. The van der Waals surface area contributed by atoms with Crippen LogP contribution < -0.4 is 38.9 Å². The van der Waals surface area contributed by atoms with E-state index in [1.54, 1.807) is 18.3 Å². The van der Waals surface area contributed by atoms with E-state index in [4.69, 9.17) is 22.9 Å². The minimum Gasteiger partial charge on any atom is -0.508 e. The van der Waals surface area contributed by atoms with Crippen molar-refractivity contribution in [2.45, 2.75) is 69.1 Å². The van der Waals surface area contributed by atoms with Gasteiger partial charge >= 0.3 is 5.97 Å². The highest BCUT2D eigenvalue weighted by Gasteiger charge is 2.31. The second-order valence-electron chi connectivity index (χ2n) is 11.3. The first-order valence-corrected chi connectivity index (χ1v) is 15.5. The summed E-state index contributed by atoms with van der Waals surface area (Å²) in [5.74, 6) is -3.33. The second-order valence-corrected chi connectivity index (χ2v) is 11.3. The standard InChI is InChI=1S/C32H45N9O6/c33-14-4-3-7-23(34)28(43)40-26(16-19-10-12-21(42)13-11-19)29(44)41-27(17-20-18-38-24-8-2-1-6-22(20)24)30(45)39-25(31(46)47)9-5-15-37-32(35)36/h1-2,6,8,10-13,18,23,25-27,38,42H,3-5,7,9,14-17,33-34H2,(H,39,45)(H,40,43)(H,41,44)(H,46,47)(H4,35,36,37). The number of guanidine groups is 1. The van der Waals surface area contributed by atoms with E-state index in [0.717, 1.165) is 10.9 Å². The van der Waals surface area contributed by atoms with Crippen molar-refractivity contribution in [1.29, 1.82) is 0 Å². The van der Waals surface area contributed by atoms with E-state index in [-0.39, 0.29) is 43.9 Å². The predicted molar refractivity (Wildman–Crippen MR) is 178 cm³/mol. The van der Waals surface area contributed by atoms with Gasteiger partial charge in [-0.1, -0.05) is 36.8 Å². The smallest absolute Gasteiger partial charge is 0.326 e. The first-order valence-electron chi connectivity index (χ1n) is 15.5. The van der Waals surface area contributed by atoms with Crippen molar-refractivity contribution in [1.82, 2.24) is 20.9 Å². The average molecular weight is 652 g/mol. The monoisotopic (exact) mass is 651 g/mol. The Morgan fingerprint density at radius 2 is 1.45 bits per heavy atom. The van der Waals surface area contributed by atoms with Gasteiger partial charge in [-0.05, 0) is 61.6 Å². The number of benzene rings is 2. The van der Waals surface area contributed by atoms with Gasteiger partial charge in [0.25, 0.3) is 0 Å². The van der Waals surface area contributed by atoms with Gasteiger partial charge in [0, 0.05) is 36.5 Å². The molecule has 0 radical (unpaired) electrons. The number of fused-ring (bicyclic) bond motifs is 1. The van der Waals surface area contributed by atoms with Crippen LogP contribution in [0.3, 0.4) is 0 Å². The molecule has 2 aromatic carbocycles. The number of phenolic OH excluding ortho intramolecular Hbond substituents is 1. The lowest BCUT2D eigenvalue weighted by Gasteiger charge is -2.25. The van der Waals surface area contributed by atoms with Crippen LogP contribution >= 0.6 is 0 Å². The lowest BCUT2D eigenvalue weighted by molar-refractivity contribution is -0.142. The molecule has 0 spiro atoms. The third kappa shape index (κ3) is 11.6. The number of aromatic amines is 1. The fourth-order valence-corrected chi connectivity index (χ4v) is 5.03. The van der Waals surface area contributed by atoms with E-state index in [1.165, 1.54) is 12.1 Å². The molecule has 3 amide bonds. The summed E-state index contributed by atoms with van der Waals surface area (Å²) in [4.78, 5) is 59.6. The van der Waals surface area contributed by atoms with Crippen molar-refractivity contribution in [3.05, 3.63) is 65.9 Å². The number of carbonyl (C=O) groups excluding carboxylic acids is 3. The maximum absolute atomic E-state index is 13.9. The van der Waals surface area contributed by atoms with Crippen LogP contribution in [0.4, 0.5) is 0 Å². The lowest BCUT2D eigenvalue weighted by atomic mass is 10.0. The van der Waals surface area contributed by atoms with Crippen molar-refractivity contribution >= 4 is 40.6 Å². The molecule has 254 valence electrons. The number of carbonyl (C=O) groups is 4. The van der Waals surface area contributed by atoms with Crippen molar-refractivity contribution in [2.24, 2.45) is 27.9 Å². The zero-order chi connectivity index (χ0) is 34.3. The summed E-state index contributed by atoms with van der Waals surface area (Å²) in [6.45, 7) is 0.629. The first-order chi connectivity index (χ1) is 22.5. The molecular weight excluding hydrogens is 606 g/mol. The Kier molecular flexibility index (Phi) is 14.0. The maximum Gasteiger partial charge on any atom is 0.326 e. The van der Waals surface area contributed by atoms with Crippen molar-refractivity contribution in [3.63, 3.8) is 0 Å². The summed E-state index contributed by atoms with van der Waals surface area (Å²) in [5, 5.41) is 28.3. The molecule has 4 unspecified atom stereocenters. The summed E-state index contributed by atoms with van der Waals surface area (Å²) in [7, 11) is 0. The molecule has 14 N–H and O–H groups in total. The van der Waals surface area contributed by atoms with Gasteiger partial charge < -0.3 is 54.1 Å². The van der Waals surface area contributed by atoms with E-state index in [9.17, 15) is 29.4 Å². The van der Waals surface area contributed by atoms with Gasteiger partial charge in [0.05, 0.1) is 6.04 Å². The van der Waals surface area contributed by atoms with Crippen LogP contribution in [0, 0.1) is 0 Å². The summed E-state index contributed by atoms with van der Waals surface area (Å²) in [6.07, 6.45) is 3.75. The molecule has 1 aromatic heterocycles. The molecule has 3 rings (SSSR count). The van der Waals surface area contributed by atoms with E-state index in [1.807, 2.05) is 24.3 Å². The number of aliphatic carboxylic acids is 1. The highest BCUT2D eigenvalue weighted by molar-refractivity contribution is 5.95. The zero-order valence-electron chi connectivity index (χ0n) is 26.2. The quantitative estimate of drug-likeness (QED) is 0.0459. The van der Waals surface area contributed by atoms with Gasteiger partial charge in [-0.3, -0.25) is 19.4 Å². The van der Waals surface area contributed by atoms with Crippen LogP contribution in [-0.4, -0.2) is 82.1 Å². The Bertz CT molecular complexity index is 1520. The van der Waals surface area contributed by atoms with Crippen LogP contribution in [0.25, 0.3) is 10.9 Å². The van der Waals surface area contributed by atoms with Crippen LogP contribution in [0.1, 0.15) is 43.2 Å². The number of carboxylic acids is 1. The Hall–Kier alpha value is -5.15. The lowest BCUT2D eigenvalue weighted by Crippen LogP contribution is -2.58. The Balaban J connectivity index is 1.87. The Labute approximate surface area is 272 Å². The molecule has 0 aliphatic rings. The summed E-state index contributed by atoms with van der Waals surface area (Å²) >= 11 is 0. The van der Waals surface area contributed by atoms with Crippen LogP contribution in [0.2, 0.25) is 0 Å². The van der Waals surface area contributed by atoms with Gasteiger partial charge in [-0.15, -0.1) is 0 Å². The van der Waals surface area contributed by atoms with Crippen molar-refractivity contribution in [3.8, 4) is 5.75 Å². The molecular formula is C32H45N9O6. The maximum atomic E-state index is 13.9.